The fourth-order valence-electron chi connectivity index (χ4n) is 7.14. The summed E-state index contributed by atoms with van der Waals surface area (Å²) in [7, 11) is -13.3. The maximum Gasteiger partial charge on any atom is 0.694 e. The molecule has 9 N–H and O–H groups in total. The number of hydrogen-bond donors (Lipinski definition) is 7. The van der Waals surface area contributed by atoms with Crippen molar-refractivity contribution in [2.75, 3.05) is 31.3 Å². The summed E-state index contributed by atoms with van der Waals surface area (Å²) < 4.78 is 86.3. The van der Waals surface area contributed by atoms with Crippen LogP contribution in [-0.4, -0.2) is 125 Å². The van der Waals surface area contributed by atoms with Crippen molar-refractivity contribution in [2.24, 2.45) is 0 Å². The first-order chi connectivity index (χ1) is 29.4. The summed E-state index contributed by atoms with van der Waals surface area (Å²) in [6, 6.07) is 0. The van der Waals surface area contributed by atoms with E-state index in [4.69, 9.17) is 48.3 Å². The van der Waals surface area contributed by atoms with E-state index in [-0.39, 0.29) is 47.6 Å². The number of rotatable bonds is 16. The largest absolute Gasteiger partial charge is 0.694 e. The Kier molecular flexibility index (Phi) is 12.5. The summed E-state index contributed by atoms with van der Waals surface area (Å²) in [5.74, 6) is 0.185. The number of nitrogens with two attached hydrogens (primary N) is 2. The average molecular weight is 932 g/mol. The quantitative estimate of drug-likeness (QED) is 0.0618. The zero-order valence-corrected chi connectivity index (χ0v) is 34.6. The second-order valence-electron chi connectivity index (χ2n) is 14.2. The number of aryl methyl sites for hydroxylation is 1. The van der Waals surface area contributed by atoms with E-state index in [1.165, 1.54) is 47.6 Å². The number of ether oxygens (including phenoxy) is 3. The lowest BCUT2D eigenvalue weighted by Gasteiger charge is -2.24. The minimum absolute atomic E-state index is 0.0296. The van der Waals surface area contributed by atoms with Crippen LogP contribution in [-0.2, 0) is 50.5 Å². The Balaban J connectivity index is 0.958. The van der Waals surface area contributed by atoms with Gasteiger partial charge in [0.2, 0.25) is 0 Å². The molecule has 3 saturated heterocycles. The van der Waals surface area contributed by atoms with Crippen LogP contribution in [0, 0.1) is 6.92 Å². The Labute approximate surface area is 347 Å². The third kappa shape index (κ3) is 9.37. The highest BCUT2D eigenvalue weighted by molar-refractivity contribution is 7.47. The van der Waals surface area contributed by atoms with Gasteiger partial charge in [-0.15, -0.1) is 9.42 Å². The number of nitrogens with one attached hydrogen (secondary N) is 1. The lowest BCUT2D eigenvalue weighted by atomic mass is 10.2. The number of nitrogen functional groups attached to an aromatic ring is 2. The normalized spacial score (nSPS) is 28.7. The molecule has 0 amide bonds. The molecule has 12 atom stereocenters. The molecular formula is C30H38N12O17P3+. The van der Waals surface area contributed by atoms with Gasteiger partial charge in [0.1, 0.15) is 79.5 Å². The number of phosphoric acid groups is 2. The molecule has 0 aliphatic carbocycles. The fourth-order valence-corrected chi connectivity index (χ4v) is 9.33. The van der Waals surface area contributed by atoms with Gasteiger partial charge in [0.05, 0.1) is 32.0 Å². The van der Waals surface area contributed by atoms with Crippen LogP contribution in [0.15, 0.2) is 41.1 Å². The summed E-state index contributed by atoms with van der Waals surface area (Å²) in [6.07, 6.45) is -4.93. The molecule has 0 spiro atoms. The number of aromatic nitrogens is 10. The van der Waals surface area contributed by atoms with Crippen LogP contribution in [0.25, 0.3) is 22.3 Å². The molecule has 3 unspecified atom stereocenters. The predicted molar refractivity (Wildman–Crippen MR) is 204 cm³/mol. The molecule has 0 radical (unpaired) electrons. The van der Waals surface area contributed by atoms with Crippen LogP contribution >= 0.6 is 23.9 Å². The Hall–Kier alpha value is -4.54. The first kappa shape index (κ1) is 44.1. The van der Waals surface area contributed by atoms with E-state index in [2.05, 4.69) is 34.9 Å². The van der Waals surface area contributed by atoms with E-state index < -0.39 is 110 Å². The second kappa shape index (κ2) is 17.6. The van der Waals surface area contributed by atoms with Crippen molar-refractivity contribution in [3.05, 3.63) is 57.9 Å². The topological polar surface area (TPSA) is 400 Å². The third-order valence-electron chi connectivity index (χ3n) is 10.1. The van der Waals surface area contributed by atoms with E-state index in [9.17, 15) is 43.1 Å². The number of aliphatic hydroxyl groups excluding tert-OH is 1. The number of nitrogens with zero attached hydrogens (tertiary/aromatic N) is 9. The van der Waals surface area contributed by atoms with Gasteiger partial charge >= 0.3 is 29.6 Å². The van der Waals surface area contributed by atoms with Gasteiger partial charge in [-0.1, -0.05) is 0 Å². The maximum atomic E-state index is 13.5. The van der Waals surface area contributed by atoms with Crippen LogP contribution in [0.1, 0.15) is 43.5 Å². The van der Waals surface area contributed by atoms with E-state index in [0.717, 1.165) is 4.57 Å². The molecule has 8 heterocycles. The number of imidazole rings is 2. The summed E-state index contributed by atoms with van der Waals surface area (Å²) in [5, 5.41) is 10.8. The Morgan fingerprint density at radius 3 is 1.81 bits per heavy atom. The second-order valence-corrected chi connectivity index (χ2v) is 17.7. The minimum atomic E-state index is -5.14. The Morgan fingerprint density at radius 2 is 1.26 bits per heavy atom. The van der Waals surface area contributed by atoms with Crippen LogP contribution in [0.3, 0.4) is 0 Å². The van der Waals surface area contributed by atoms with E-state index in [1.807, 2.05) is 0 Å². The van der Waals surface area contributed by atoms with Gasteiger partial charge in [0, 0.05) is 35.6 Å². The molecule has 62 heavy (non-hydrogen) atoms. The number of fused-ring (bicyclic) bond motifs is 2. The van der Waals surface area contributed by atoms with Gasteiger partial charge < -0.3 is 40.6 Å². The molecule has 32 heteroatoms. The molecule has 29 nitrogen and oxygen atoms in total. The SMILES string of the molecule is Cc1cn([C@H]2C[C@H](OP(=O)(O)OC[C@H]3O[C@@H](n4cnc5c(N)ncnc54)C[C@@H]3OP(=O)(O)OC[C@H]3O[C@@H](n4cnc5c(N)ncnc54)C[C@@H]3O)[C@@H](CO[P+](=O)O)O2)c(=O)[nH]c1=O. The smallest absolute Gasteiger partial charge is 0.390 e. The van der Waals surface area contributed by atoms with Gasteiger partial charge in [-0.25, -0.2) is 43.8 Å². The molecule has 3 fully saturated rings. The van der Waals surface area contributed by atoms with E-state index in [1.54, 1.807) is 0 Å². The van der Waals surface area contributed by atoms with Gasteiger partial charge in [0.25, 0.3) is 5.56 Å². The Morgan fingerprint density at radius 1 is 0.774 bits per heavy atom. The maximum absolute atomic E-state index is 13.5. The lowest BCUT2D eigenvalue weighted by molar-refractivity contribution is -0.0594. The van der Waals surface area contributed by atoms with Crippen molar-refractivity contribution in [2.45, 2.75) is 81.5 Å². The standard InChI is InChI=1S/C30H37N12O17P3/c1-13-5-40(30(45)39-29(13)44)21-3-15(18(56-21)6-52-60(46)47)58-62(50,51)54-8-19-16(4-22(57-19)42-12-38-24-26(32)34-10-36-28(24)42)59-61(48,49)53-7-17-14(43)2-20(55-17)41-11-37-23-25(31)33-9-35-27(23)41/h5,9-12,14-22,43H,2-4,6-8H2,1H3,(H7-,31,32,33,34,35,36,39,44,45,46,47,48,49,50,51)/p+1/t14-,15-,16-,17+,18+,19+,20+,21+,22+/m0/s1. The first-order valence-corrected chi connectivity index (χ1v) is 22.5. The highest BCUT2D eigenvalue weighted by Gasteiger charge is 2.47. The van der Waals surface area contributed by atoms with Crippen molar-refractivity contribution in [3.63, 3.8) is 0 Å². The molecule has 0 aromatic carbocycles. The number of aromatic amines is 1. The van der Waals surface area contributed by atoms with Crippen molar-refractivity contribution in [1.29, 1.82) is 0 Å². The molecule has 5 aromatic heterocycles. The lowest BCUT2D eigenvalue weighted by Crippen LogP contribution is -2.33. The van der Waals surface area contributed by atoms with Crippen LogP contribution < -0.4 is 22.7 Å². The molecule has 8 rings (SSSR count). The zero-order valence-electron chi connectivity index (χ0n) is 31.9. The molecule has 334 valence electrons. The molecule has 0 saturated carbocycles. The predicted octanol–water partition coefficient (Wildman–Crippen LogP) is -0.417. The number of phosphoric ester groups is 2. The third-order valence-corrected chi connectivity index (χ3v) is 12.5. The van der Waals surface area contributed by atoms with E-state index >= 15 is 0 Å². The monoisotopic (exact) mass is 931 g/mol. The van der Waals surface area contributed by atoms with Crippen molar-refractivity contribution in [1.82, 2.24) is 48.6 Å². The van der Waals surface area contributed by atoms with Crippen molar-refractivity contribution >= 4 is 57.9 Å². The Bertz CT molecular complexity index is 2700. The van der Waals surface area contributed by atoms with Gasteiger partial charge in [-0.3, -0.25) is 41.6 Å². The number of anilines is 2. The first-order valence-electron chi connectivity index (χ1n) is 18.4. The number of aliphatic hydroxyl groups is 1. The molecule has 3 aliphatic heterocycles. The number of H-pyrrole nitrogens is 1. The van der Waals surface area contributed by atoms with Crippen LogP contribution in [0.5, 0.6) is 0 Å². The van der Waals surface area contributed by atoms with Gasteiger partial charge in [-0.2, -0.15) is 0 Å². The average Bonchev–Trinajstić information content (AvgIpc) is 4.05. The van der Waals surface area contributed by atoms with Crippen molar-refractivity contribution in [3.8, 4) is 0 Å². The van der Waals surface area contributed by atoms with Gasteiger partial charge in [-0.05, 0) is 6.92 Å². The highest BCUT2D eigenvalue weighted by atomic mass is 31.2. The highest BCUT2D eigenvalue weighted by Crippen LogP contribution is 2.52. The van der Waals surface area contributed by atoms with Crippen molar-refractivity contribution < 1.29 is 70.3 Å². The molecule has 0 bridgehead atoms. The minimum Gasteiger partial charge on any atom is -0.390 e. The molecule has 3 aliphatic rings. The van der Waals surface area contributed by atoms with Gasteiger partial charge in [0.15, 0.2) is 22.9 Å². The molecule has 5 aromatic rings. The summed E-state index contributed by atoms with van der Waals surface area (Å²) in [6.45, 7) is -0.628. The number of hydrogen-bond acceptors (Lipinski definition) is 22. The van der Waals surface area contributed by atoms with Crippen LogP contribution in [0.4, 0.5) is 11.6 Å². The fraction of sp³-hybridized carbons (Fsp3) is 0.533. The summed E-state index contributed by atoms with van der Waals surface area (Å²) in [5.41, 5.74) is 11.5. The summed E-state index contributed by atoms with van der Waals surface area (Å²) in [4.78, 5) is 82.2. The summed E-state index contributed by atoms with van der Waals surface area (Å²) >= 11 is 0. The zero-order chi connectivity index (χ0) is 44.1. The molecular weight excluding hydrogens is 893 g/mol. The van der Waals surface area contributed by atoms with E-state index in [0.29, 0.717) is 11.2 Å². The van der Waals surface area contributed by atoms with Crippen LogP contribution in [0.2, 0.25) is 0 Å².